The van der Waals surface area contributed by atoms with Gasteiger partial charge in [-0.15, -0.1) is 0 Å². The van der Waals surface area contributed by atoms with E-state index in [0.717, 1.165) is 17.9 Å². The van der Waals surface area contributed by atoms with Crippen LogP contribution in [0.2, 0.25) is 0 Å². The van der Waals surface area contributed by atoms with Gasteiger partial charge in [-0.25, -0.2) is 0 Å². The molecule has 0 aromatic heterocycles. The van der Waals surface area contributed by atoms with Crippen molar-refractivity contribution in [2.45, 2.75) is 20.3 Å². The molecule has 4 nitrogen and oxygen atoms in total. The number of halogens is 1. The average Bonchev–Trinajstić information content (AvgIpc) is 2.42. The van der Waals surface area contributed by atoms with Gasteiger partial charge in [0, 0.05) is 0 Å². The van der Waals surface area contributed by atoms with Gasteiger partial charge in [-0.2, -0.15) is 0 Å². The van der Waals surface area contributed by atoms with Crippen molar-refractivity contribution in [3.8, 4) is 5.75 Å². The summed E-state index contributed by atoms with van der Waals surface area (Å²) in [6.45, 7) is 4.46. The van der Waals surface area contributed by atoms with Gasteiger partial charge in [-0.05, 0) is 18.6 Å². The molecule has 100 valence electrons. The molecule has 0 heterocycles. The molecule has 0 bridgehead atoms. The largest absolute Gasteiger partial charge is 0.488 e. The highest BCUT2D eigenvalue weighted by molar-refractivity contribution is 14.1. The van der Waals surface area contributed by atoms with E-state index in [1.54, 1.807) is 0 Å². The smallest absolute Gasteiger partial charge is 0.308 e. The number of para-hydroxylation sites is 2. The van der Waals surface area contributed by atoms with Gasteiger partial charge >= 0.3 is 5.97 Å². The highest BCUT2D eigenvalue weighted by Crippen LogP contribution is 2.24. The first-order valence-electron chi connectivity index (χ1n) is 5.94. The third kappa shape index (κ3) is 4.72. The number of esters is 1. The van der Waals surface area contributed by atoms with Gasteiger partial charge in [-0.1, -0.05) is 26.0 Å². The van der Waals surface area contributed by atoms with E-state index in [4.69, 9.17) is 9.47 Å². The summed E-state index contributed by atoms with van der Waals surface area (Å²) in [5.41, 5.74) is 0.909. The quantitative estimate of drug-likeness (QED) is 0.349. The monoisotopic (exact) mass is 363 g/mol. The molecule has 0 fully saturated rings. The van der Waals surface area contributed by atoms with Crippen molar-refractivity contribution >= 4 is 34.5 Å². The predicted octanol–water partition coefficient (Wildman–Crippen LogP) is 3.42. The predicted molar refractivity (Wildman–Crippen MR) is 80.0 cm³/mol. The molecule has 0 spiro atoms. The number of carbonyl (C=O) groups excluding carboxylic acids is 1. The lowest BCUT2D eigenvalue weighted by Crippen LogP contribution is -2.17. The second-order valence-corrected chi connectivity index (χ2v) is 4.46. The molecule has 1 N–H and O–H groups in total. The van der Waals surface area contributed by atoms with Crippen molar-refractivity contribution in [2.24, 2.45) is 5.92 Å². The van der Waals surface area contributed by atoms with Crippen LogP contribution in [0.3, 0.4) is 0 Å². The van der Waals surface area contributed by atoms with Crippen molar-refractivity contribution in [1.82, 2.24) is 0 Å². The Hall–Kier alpha value is -0.980. The van der Waals surface area contributed by atoms with Crippen LogP contribution in [-0.2, 0) is 9.53 Å². The summed E-state index contributed by atoms with van der Waals surface area (Å²) in [5.74, 6) is 0.543. The first-order valence-corrected chi connectivity index (χ1v) is 7.02. The Morgan fingerprint density at radius 2 is 2.11 bits per heavy atom. The molecule has 0 aliphatic heterocycles. The molecule has 1 aromatic carbocycles. The Morgan fingerprint density at radius 1 is 1.39 bits per heavy atom. The van der Waals surface area contributed by atoms with Crippen LogP contribution in [0.15, 0.2) is 24.3 Å². The molecular weight excluding hydrogens is 345 g/mol. The van der Waals surface area contributed by atoms with E-state index in [0.29, 0.717) is 6.61 Å². The number of carbonyl (C=O) groups is 1. The third-order valence-electron chi connectivity index (χ3n) is 2.59. The zero-order chi connectivity index (χ0) is 13.4. The lowest BCUT2D eigenvalue weighted by atomic mass is 10.1. The molecule has 0 aliphatic rings. The van der Waals surface area contributed by atoms with Crippen LogP contribution >= 0.6 is 22.9 Å². The lowest BCUT2D eigenvalue weighted by molar-refractivity contribution is -0.148. The molecule has 18 heavy (non-hydrogen) atoms. The minimum absolute atomic E-state index is 0.0479. The van der Waals surface area contributed by atoms with Gasteiger partial charge in [0.1, 0.15) is 19.0 Å². The Balaban J connectivity index is 2.32. The van der Waals surface area contributed by atoms with Crippen LogP contribution < -0.4 is 8.27 Å². The van der Waals surface area contributed by atoms with E-state index < -0.39 is 0 Å². The van der Waals surface area contributed by atoms with E-state index in [-0.39, 0.29) is 18.5 Å². The van der Waals surface area contributed by atoms with Crippen LogP contribution in [0.4, 0.5) is 5.69 Å². The van der Waals surface area contributed by atoms with Crippen molar-refractivity contribution in [3.05, 3.63) is 24.3 Å². The van der Waals surface area contributed by atoms with Crippen molar-refractivity contribution in [1.29, 1.82) is 0 Å². The molecule has 1 aromatic rings. The van der Waals surface area contributed by atoms with Gasteiger partial charge in [0.25, 0.3) is 0 Å². The molecule has 5 heteroatoms. The zero-order valence-corrected chi connectivity index (χ0v) is 12.8. The van der Waals surface area contributed by atoms with Gasteiger partial charge in [0.15, 0.2) is 0 Å². The van der Waals surface area contributed by atoms with Crippen LogP contribution in [-0.4, -0.2) is 19.2 Å². The topological polar surface area (TPSA) is 47.6 Å². The Morgan fingerprint density at radius 3 is 2.78 bits per heavy atom. The number of hydrogen-bond donors (Lipinski definition) is 1. The van der Waals surface area contributed by atoms with Crippen LogP contribution in [0.5, 0.6) is 5.75 Å². The molecule has 0 aliphatic carbocycles. The molecule has 1 atom stereocenters. The second-order valence-electron chi connectivity index (χ2n) is 3.92. The number of nitrogens with one attached hydrogen (secondary N) is 1. The fourth-order valence-electron chi connectivity index (χ4n) is 1.27. The normalized spacial score (nSPS) is 11.7. The maximum atomic E-state index is 11.4. The first-order chi connectivity index (χ1) is 8.69. The summed E-state index contributed by atoms with van der Waals surface area (Å²) in [6, 6.07) is 7.62. The highest BCUT2D eigenvalue weighted by Gasteiger charge is 2.11. The molecular formula is C13H18INO3. The van der Waals surface area contributed by atoms with Gasteiger partial charge in [0.2, 0.25) is 0 Å². The van der Waals surface area contributed by atoms with Crippen LogP contribution in [0, 0.1) is 5.92 Å². The van der Waals surface area contributed by atoms with Gasteiger partial charge < -0.3 is 13.0 Å². The summed E-state index contributed by atoms with van der Waals surface area (Å²) in [5, 5.41) is 0. The maximum Gasteiger partial charge on any atom is 0.308 e. The Bertz CT molecular complexity index is 384. The summed E-state index contributed by atoms with van der Waals surface area (Å²) < 4.78 is 13.7. The zero-order valence-electron chi connectivity index (χ0n) is 10.6. The number of anilines is 1. The third-order valence-corrected chi connectivity index (χ3v) is 3.17. The first kappa shape index (κ1) is 15.1. The summed E-state index contributed by atoms with van der Waals surface area (Å²) in [4.78, 5) is 11.4. The molecule has 0 unspecified atom stereocenters. The summed E-state index contributed by atoms with van der Waals surface area (Å²) in [7, 11) is 0. The van der Waals surface area contributed by atoms with Crippen LogP contribution in [0.25, 0.3) is 0 Å². The van der Waals surface area contributed by atoms with Crippen molar-refractivity contribution in [3.63, 3.8) is 0 Å². The standard InChI is InChI=1S/C13H18INO3/c1-3-10(2)13(16)18-9-8-17-12-7-5-4-6-11(12)15-14/h4-7,10,15H,3,8-9H2,1-2H3/t10-/m0/s1. The Kier molecular flexibility index (Phi) is 6.85. The average molecular weight is 363 g/mol. The van der Waals surface area contributed by atoms with Gasteiger partial charge in [0.05, 0.1) is 34.5 Å². The second kappa shape index (κ2) is 8.18. The minimum Gasteiger partial charge on any atom is -0.488 e. The van der Waals surface area contributed by atoms with E-state index in [9.17, 15) is 4.79 Å². The fraction of sp³-hybridized carbons (Fsp3) is 0.462. The van der Waals surface area contributed by atoms with E-state index >= 15 is 0 Å². The summed E-state index contributed by atoms with van der Waals surface area (Å²) in [6.07, 6.45) is 0.793. The lowest BCUT2D eigenvalue weighted by Gasteiger charge is -2.12. The molecule has 0 amide bonds. The molecule has 1 rings (SSSR count). The number of benzene rings is 1. The SMILES string of the molecule is CC[C@H](C)C(=O)OCCOc1ccccc1NI. The van der Waals surface area contributed by atoms with E-state index in [1.165, 1.54) is 0 Å². The van der Waals surface area contributed by atoms with E-state index in [2.05, 4.69) is 3.53 Å². The maximum absolute atomic E-state index is 11.4. The fourth-order valence-corrected chi connectivity index (χ4v) is 1.72. The summed E-state index contributed by atoms with van der Waals surface area (Å²) >= 11 is 2.05. The number of rotatable bonds is 7. The van der Waals surface area contributed by atoms with Crippen molar-refractivity contribution in [2.75, 3.05) is 16.7 Å². The number of hydrogen-bond acceptors (Lipinski definition) is 4. The van der Waals surface area contributed by atoms with Crippen molar-refractivity contribution < 1.29 is 14.3 Å². The highest BCUT2D eigenvalue weighted by atomic mass is 127. The molecule has 0 radical (unpaired) electrons. The van der Waals surface area contributed by atoms with E-state index in [1.807, 2.05) is 61.0 Å². The minimum atomic E-state index is -0.165. The number of ether oxygens (including phenoxy) is 2. The van der Waals surface area contributed by atoms with Gasteiger partial charge in [-0.3, -0.25) is 4.79 Å². The van der Waals surface area contributed by atoms with Crippen LogP contribution in [0.1, 0.15) is 20.3 Å². The molecule has 0 saturated carbocycles. The molecule has 0 saturated heterocycles. The Labute approximate surface area is 122 Å².